The molecule has 0 N–H and O–H groups in total. The SMILES string of the molecule is C[Si](c1ccccc1)(c1ccccc1)c1ccc[c]c1Sc1ccccc1. The molecular weight excluding hydrogens is 360 g/mol. The molecule has 4 aromatic rings. The molecule has 0 aromatic heterocycles. The van der Waals surface area contributed by atoms with Crippen molar-refractivity contribution in [3.05, 3.63) is 115 Å². The lowest BCUT2D eigenvalue weighted by molar-refractivity contribution is 1.42. The van der Waals surface area contributed by atoms with Crippen molar-refractivity contribution >= 4 is 35.4 Å². The fourth-order valence-electron chi connectivity index (χ4n) is 3.53. The summed E-state index contributed by atoms with van der Waals surface area (Å²) in [5.74, 6) is 0. The monoisotopic (exact) mass is 381 g/mol. The summed E-state index contributed by atoms with van der Waals surface area (Å²) in [7, 11) is -2.13. The van der Waals surface area contributed by atoms with E-state index in [1.165, 1.54) is 25.4 Å². The Morgan fingerprint density at radius 2 is 1.15 bits per heavy atom. The van der Waals surface area contributed by atoms with Gasteiger partial charge in [-0.3, -0.25) is 0 Å². The first-order chi connectivity index (χ1) is 13.3. The molecule has 0 unspecified atom stereocenters. The smallest absolute Gasteiger partial charge is 0.0895 e. The van der Waals surface area contributed by atoms with Crippen LogP contribution in [-0.4, -0.2) is 8.07 Å². The number of hydrogen-bond acceptors (Lipinski definition) is 1. The highest BCUT2D eigenvalue weighted by Gasteiger charge is 2.35. The normalized spacial score (nSPS) is 11.3. The highest BCUT2D eigenvalue weighted by Crippen LogP contribution is 2.27. The Kier molecular flexibility index (Phi) is 5.28. The Balaban J connectivity index is 1.90. The van der Waals surface area contributed by atoms with E-state index in [1.807, 2.05) is 17.8 Å². The summed E-state index contributed by atoms with van der Waals surface area (Å²) < 4.78 is 0. The molecule has 4 aromatic carbocycles. The Hall–Kier alpha value is -2.55. The third-order valence-electron chi connectivity index (χ3n) is 5.02. The molecule has 27 heavy (non-hydrogen) atoms. The highest BCUT2D eigenvalue weighted by molar-refractivity contribution is 7.99. The molecule has 131 valence electrons. The van der Waals surface area contributed by atoms with Crippen molar-refractivity contribution in [3.63, 3.8) is 0 Å². The maximum absolute atomic E-state index is 3.53. The quantitative estimate of drug-likeness (QED) is 0.355. The second kappa shape index (κ2) is 7.99. The standard InChI is InChI=1S/C25H21SSi/c1-27(22-15-7-3-8-16-22,23-17-9-4-10-18-23)25-20-12-11-19-24(25)26-21-13-5-2-6-14-21/h2-18,20H,1H3. The predicted molar refractivity (Wildman–Crippen MR) is 119 cm³/mol. The third kappa shape index (κ3) is 3.64. The lowest BCUT2D eigenvalue weighted by atomic mass is 10.3. The van der Waals surface area contributed by atoms with Crippen LogP contribution in [0.5, 0.6) is 0 Å². The maximum atomic E-state index is 3.53. The summed E-state index contributed by atoms with van der Waals surface area (Å²) in [5, 5.41) is 4.26. The van der Waals surface area contributed by atoms with Gasteiger partial charge < -0.3 is 0 Å². The van der Waals surface area contributed by atoms with E-state index in [1.54, 1.807) is 0 Å². The molecule has 2 heteroatoms. The van der Waals surface area contributed by atoms with Crippen molar-refractivity contribution in [2.75, 3.05) is 0 Å². The molecule has 0 saturated carbocycles. The summed E-state index contributed by atoms with van der Waals surface area (Å²) in [6.45, 7) is 2.45. The van der Waals surface area contributed by atoms with Crippen LogP contribution in [0.25, 0.3) is 0 Å². The van der Waals surface area contributed by atoms with Crippen molar-refractivity contribution < 1.29 is 0 Å². The van der Waals surface area contributed by atoms with Crippen LogP contribution in [-0.2, 0) is 0 Å². The molecule has 0 nitrogen and oxygen atoms in total. The second-order valence-electron chi connectivity index (χ2n) is 6.69. The van der Waals surface area contributed by atoms with Crippen LogP contribution in [0.2, 0.25) is 6.55 Å². The lowest BCUT2D eigenvalue weighted by Gasteiger charge is -2.31. The van der Waals surface area contributed by atoms with E-state index in [4.69, 9.17) is 0 Å². The summed E-state index contributed by atoms with van der Waals surface area (Å²) >= 11 is 1.81. The molecule has 0 aliphatic heterocycles. The van der Waals surface area contributed by atoms with Crippen LogP contribution >= 0.6 is 11.8 Å². The molecule has 0 aliphatic carbocycles. The Bertz CT molecular complexity index is 958. The van der Waals surface area contributed by atoms with Gasteiger partial charge in [-0.25, -0.2) is 0 Å². The average Bonchev–Trinajstić information content (AvgIpc) is 2.75. The topological polar surface area (TPSA) is 0 Å². The highest BCUT2D eigenvalue weighted by atomic mass is 32.2. The summed E-state index contributed by atoms with van der Waals surface area (Å²) in [6, 6.07) is 42.5. The molecule has 1 radical (unpaired) electrons. The number of rotatable bonds is 5. The molecule has 0 aliphatic rings. The first kappa shape index (κ1) is 17.8. The minimum Gasteiger partial charge on any atom is -0.0895 e. The fraction of sp³-hybridized carbons (Fsp3) is 0.0400. The van der Waals surface area contributed by atoms with E-state index in [9.17, 15) is 0 Å². The summed E-state index contributed by atoms with van der Waals surface area (Å²) in [6.07, 6.45) is 0. The zero-order valence-electron chi connectivity index (χ0n) is 15.3. The predicted octanol–water partition coefficient (Wildman–Crippen LogP) is 4.74. The zero-order chi connectivity index (χ0) is 18.5. The van der Waals surface area contributed by atoms with Crippen molar-refractivity contribution in [3.8, 4) is 0 Å². The lowest BCUT2D eigenvalue weighted by Crippen LogP contribution is -2.65. The van der Waals surface area contributed by atoms with Crippen LogP contribution in [0.1, 0.15) is 0 Å². The molecule has 0 saturated heterocycles. The fourth-order valence-corrected chi connectivity index (χ4v) is 8.76. The number of hydrogen-bond donors (Lipinski definition) is 0. The van der Waals surface area contributed by atoms with E-state index in [2.05, 4.69) is 116 Å². The summed E-state index contributed by atoms with van der Waals surface area (Å²) in [4.78, 5) is 2.48. The van der Waals surface area contributed by atoms with Crippen LogP contribution in [0.15, 0.2) is 119 Å². The van der Waals surface area contributed by atoms with Crippen molar-refractivity contribution in [1.29, 1.82) is 0 Å². The van der Waals surface area contributed by atoms with E-state index in [0.29, 0.717) is 0 Å². The van der Waals surface area contributed by atoms with Gasteiger partial charge in [0.2, 0.25) is 0 Å². The van der Waals surface area contributed by atoms with Gasteiger partial charge in [-0.05, 0) is 33.8 Å². The van der Waals surface area contributed by atoms with Gasteiger partial charge in [-0.2, -0.15) is 0 Å². The Labute approximate surface area is 166 Å². The Morgan fingerprint density at radius 3 is 1.70 bits per heavy atom. The minimum atomic E-state index is -2.13. The van der Waals surface area contributed by atoms with E-state index in [-0.39, 0.29) is 0 Å². The van der Waals surface area contributed by atoms with Crippen molar-refractivity contribution in [1.82, 2.24) is 0 Å². The van der Waals surface area contributed by atoms with Crippen molar-refractivity contribution in [2.45, 2.75) is 16.3 Å². The summed E-state index contributed by atoms with van der Waals surface area (Å²) in [5.41, 5.74) is 0. The van der Waals surface area contributed by atoms with E-state index >= 15 is 0 Å². The van der Waals surface area contributed by atoms with E-state index < -0.39 is 8.07 Å². The van der Waals surface area contributed by atoms with Gasteiger partial charge in [0.25, 0.3) is 0 Å². The molecule has 4 rings (SSSR count). The molecule has 0 atom stereocenters. The first-order valence-corrected chi connectivity index (χ1v) is 12.5. The zero-order valence-corrected chi connectivity index (χ0v) is 17.1. The van der Waals surface area contributed by atoms with Gasteiger partial charge in [-0.15, -0.1) is 0 Å². The van der Waals surface area contributed by atoms with Gasteiger partial charge in [0.1, 0.15) is 8.07 Å². The minimum absolute atomic E-state index is 1.23. The van der Waals surface area contributed by atoms with Gasteiger partial charge in [0, 0.05) is 9.79 Å². The molecular formula is C25H21SSi. The largest absolute Gasteiger partial charge is 0.146 e. The van der Waals surface area contributed by atoms with Gasteiger partial charge in [-0.1, -0.05) is 115 Å². The van der Waals surface area contributed by atoms with Crippen molar-refractivity contribution in [2.24, 2.45) is 0 Å². The van der Waals surface area contributed by atoms with Crippen LogP contribution in [0, 0.1) is 6.07 Å². The molecule has 0 bridgehead atoms. The number of benzene rings is 4. The molecule has 0 fully saturated rings. The second-order valence-corrected chi connectivity index (χ2v) is 11.7. The maximum Gasteiger partial charge on any atom is 0.146 e. The molecule has 0 heterocycles. The molecule has 0 spiro atoms. The van der Waals surface area contributed by atoms with Gasteiger partial charge >= 0.3 is 0 Å². The van der Waals surface area contributed by atoms with Crippen LogP contribution < -0.4 is 15.6 Å². The van der Waals surface area contributed by atoms with E-state index in [0.717, 1.165) is 0 Å². The van der Waals surface area contributed by atoms with Gasteiger partial charge in [0.15, 0.2) is 0 Å². The van der Waals surface area contributed by atoms with Gasteiger partial charge in [0.05, 0.1) is 0 Å². The Morgan fingerprint density at radius 1 is 0.630 bits per heavy atom. The van der Waals surface area contributed by atoms with Crippen LogP contribution in [0.4, 0.5) is 0 Å². The first-order valence-electron chi connectivity index (χ1n) is 9.13. The average molecular weight is 382 g/mol. The van der Waals surface area contributed by atoms with Crippen LogP contribution in [0.3, 0.4) is 0 Å². The third-order valence-corrected chi connectivity index (χ3v) is 10.7. The molecule has 0 amide bonds.